The van der Waals surface area contributed by atoms with Gasteiger partial charge in [0.05, 0.1) is 12.7 Å². The van der Waals surface area contributed by atoms with Gasteiger partial charge >= 0.3 is 0 Å². The number of hydrogen-bond acceptors (Lipinski definition) is 3. The van der Waals surface area contributed by atoms with Crippen LogP contribution in [0.3, 0.4) is 0 Å². The summed E-state index contributed by atoms with van der Waals surface area (Å²) in [6.07, 6.45) is 8.12. The van der Waals surface area contributed by atoms with Crippen LogP contribution in [-0.2, 0) is 4.79 Å². The molecule has 1 fully saturated rings. The molecule has 0 spiro atoms. The lowest BCUT2D eigenvalue weighted by Gasteiger charge is -2.15. The van der Waals surface area contributed by atoms with Gasteiger partial charge in [0.15, 0.2) is 0 Å². The Labute approximate surface area is 116 Å². The molecule has 1 heterocycles. The van der Waals surface area contributed by atoms with Gasteiger partial charge in [-0.25, -0.2) is 0 Å². The summed E-state index contributed by atoms with van der Waals surface area (Å²) in [5.41, 5.74) is 0. The molecule has 106 valence electrons. The summed E-state index contributed by atoms with van der Waals surface area (Å²) >= 11 is 1.92. The number of thioether (sulfide) groups is 1. The van der Waals surface area contributed by atoms with Crippen LogP contribution in [0.5, 0.6) is 0 Å². The molecule has 1 saturated heterocycles. The quantitative estimate of drug-likeness (QED) is 0.655. The average Bonchev–Trinajstić information content (AvgIpc) is 2.65. The number of carbonyl (C=O) groups is 1. The molecule has 4 heteroatoms. The number of rotatable bonds is 9. The van der Waals surface area contributed by atoms with Crippen molar-refractivity contribution in [3.8, 4) is 0 Å². The second-order valence-electron chi connectivity index (χ2n) is 5.55. The lowest BCUT2D eigenvalue weighted by atomic mass is 10.0. The van der Waals surface area contributed by atoms with E-state index < -0.39 is 0 Å². The van der Waals surface area contributed by atoms with E-state index in [0.717, 1.165) is 26.1 Å². The highest BCUT2D eigenvalue weighted by atomic mass is 32.2. The smallest absolute Gasteiger partial charge is 0.240 e. The lowest BCUT2D eigenvalue weighted by Crippen LogP contribution is -2.32. The molecule has 0 radical (unpaired) electrons. The summed E-state index contributed by atoms with van der Waals surface area (Å²) in [4.78, 5) is 14.1. The van der Waals surface area contributed by atoms with Crippen LogP contribution in [0.15, 0.2) is 0 Å². The highest BCUT2D eigenvalue weighted by Gasteiger charge is 2.30. The van der Waals surface area contributed by atoms with Crippen molar-refractivity contribution in [1.82, 2.24) is 10.2 Å². The van der Waals surface area contributed by atoms with Gasteiger partial charge in [0, 0.05) is 6.54 Å². The Kier molecular flexibility index (Phi) is 7.75. The zero-order valence-corrected chi connectivity index (χ0v) is 12.9. The van der Waals surface area contributed by atoms with Gasteiger partial charge < -0.3 is 4.90 Å². The molecule has 3 nitrogen and oxygen atoms in total. The number of amides is 1. The van der Waals surface area contributed by atoms with Gasteiger partial charge in [0.2, 0.25) is 5.91 Å². The zero-order valence-electron chi connectivity index (χ0n) is 12.1. The van der Waals surface area contributed by atoms with Gasteiger partial charge in [-0.05, 0) is 37.2 Å². The van der Waals surface area contributed by atoms with Crippen molar-refractivity contribution >= 4 is 17.7 Å². The van der Waals surface area contributed by atoms with Crippen molar-refractivity contribution in [3.63, 3.8) is 0 Å². The van der Waals surface area contributed by atoms with E-state index in [1.54, 1.807) is 0 Å². The van der Waals surface area contributed by atoms with Crippen LogP contribution in [0.25, 0.3) is 0 Å². The second-order valence-corrected chi connectivity index (χ2v) is 6.54. The maximum absolute atomic E-state index is 12.1. The van der Waals surface area contributed by atoms with Crippen molar-refractivity contribution in [2.45, 2.75) is 52.0 Å². The van der Waals surface area contributed by atoms with E-state index in [9.17, 15) is 4.79 Å². The third-order valence-corrected chi connectivity index (χ3v) is 4.07. The predicted molar refractivity (Wildman–Crippen MR) is 79.8 cm³/mol. The van der Waals surface area contributed by atoms with E-state index in [1.807, 2.05) is 16.7 Å². The van der Waals surface area contributed by atoms with E-state index in [1.165, 1.54) is 25.0 Å². The van der Waals surface area contributed by atoms with E-state index in [0.29, 0.717) is 11.8 Å². The molecule has 0 aromatic carbocycles. The molecule has 0 saturated carbocycles. The molecule has 0 aromatic heterocycles. The zero-order chi connectivity index (χ0) is 13.4. The van der Waals surface area contributed by atoms with E-state index in [-0.39, 0.29) is 6.04 Å². The minimum Gasteiger partial charge on any atom is -0.329 e. The number of hydrogen-bond donors (Lipinski definition) is 1. The maximum atomic E-state index is 12.1. The molecule has 18 heavy (non-hydrogen) atoms. The van der Waals surface area contributed by atoms with E-state index in [2.05, 4.69) is 25.4 Å². The summed E-state index contributed by atoms with van der Waals surface area (Å²) in [5.74, 6) is 2.16. The fraction of sp³-hybridized carbons (Fsp3) is 0.929. The number of nitrogens with zero attached hydrogens (tertiary/aromatic N) is 1. The minimum atomic E-state index is 0.0708. The van der Waals surface area contributed by atoms with Crippen LogP contribution in [0, 0.1) is 5.92 Å². The Morgan fingerprint density at radius 3 is 2.72 bits per heavy atom. The monoisotopic (exact) mass is 272 g/mol. The van der Waals surface area contributed by atoms with Crippen molar-refractivity contribution < 1.29 is 4.79 Å². The molecule has 0 bridgehead atoms. The van der Waals surface area contributed by atoms with Gasteiger partial charge in [-0.2, -0.15) is 11.8 Å². The van der Waals surface area contributed by atoms with Crippen LogP contribution in [-0.4, -0.2) is 42.1 Å². The SMILES string of the molecule is CSCCCCCCN1CNC(CC(C)C)C1=O. The van der Waals surface area contributed by atoms with Gasteiger partial charge in [-0.15, -0.1) is 0 Å². The summed E-state index contributed by atoms with van der Waals surface area (Å²) < 4.78 is 0. The molecule has 1 aliphatic heterocycles. The maximum Gasteiger partial charge on any atom is 0.240 e. The molecule has 1 unspecified atom stereocenters. The lowest BCUT2D eigenvalue weighted by molar-refractivity contribution is -0.129. The number of unbranched alkanes of at least 4 members (excludes halogenated alkanes) is 3. The molecular weight excluding hydrogens is 244 g/mol. The first kappa shape index (κ1) is 15.8. The Bertz CT molecular complexity index is 246. The molecule has 1 rings (SSSR count). The van der Waals surface area contributed by atoms with E-state index >= 15 is 0 Å². The summed E-state index contributed by atoms with van der Waals surface area (Å²) in [5, 5.41) is 3.32. The third kappa shape index (κ3) is 5.61. The molecule has 1 N–H and O–H groups in total. The van der Waals surface area contributed by atoms with Crippen molar-refractivity contribution in [2.75, 3.05) is 25.2 Å². The van der Waals surface area contributed by atoms with Gasteiger partial charge in [0.25, 0.3) is 0 Å². The second kappa shape index (κ2) is 8.81. The first-order valence-corrected chi connectivity index (χ1v) is 8.55. The molecule has 1 amide bonds. The van der Waals surface area contributed by atoms with Crippen molar-refractivity contribution in [3.05, 3.63) is 0 Å². The summed E-state index contributed by atoms with van der Waals surface area (Å²) in [7, 11) is 0. The number of carbonyl (C=O) groups excluding carboxylic acids is 1. The Morgan fingerprint density at radius 1 is 1.33 bits per heavy atom. The molecule has 0 aromatic rings. The normalized spacial score (nSPS) is 20.1. The van der Waals surface area contributed by atoms with Crippen molar-refractivity contribution in [1.29, 1.82) is 0 Å². The first-order valence-electron chi connectivity index (χ1n) is 7.16. The predicted octanol–water partition coefficient (Wildman–Crippen LogP) is 2.71. The largest absolute Gasteiger partial charge is 0.329 e. The highest BCUT2D eigenvalue weighted by molar-refractivity contribution is 7.98. The van der Waals surface area contributed by atoms with Crippen LogP contribution in [0.1, 0.15) is 46.0 Å². The van der Waals surface area contributed by atoms with Gasteiger partial charge in [-0.3, -0.25) is 10.1 Å². The Hall–Kier alpha value is -0.220. The van der Waals surface area contributed by atoms with E-state index in [4.69, 9.17) is 0 Å². The van der Waals surface area contributed by atoms with Gasteiger partial charge in [-0.1, -0.05) is 26.7 Å². The highest BCUT2D eigenvalue weighted by Crippen LogP contribution is 2.13. The Balaban J connectivity index is 2.11. The van der Waals surface area contributed by atoms with Gasteiger partial charge in [0.1, 0.15) is 0 Å². The standard InChI is InChI=1S/C14H28N2OS/c1-12(2)10-13-14(17)16(11-15-13)8-6-4-5-7-9-18-3/h12-13,15H,4-11H2,1-3H3. The van der Waals surface area contributed by atoms with Crippen molar-refractivity contribution in [2.24, 2.45) is 5.92 Å². The number of nitrogens with one attached hydrogen (secondary N) is 1. The Morgan fingerprint density at radius 2 is 2.06 bits per heavy atom. The molecule has 0 aliphatic carbocycles. The van der Waals surface area contributed by atoms with Crippen LogP contribution >= 0.6 is 11.8 Å². The minimum absolute atomic E-state index is 0.0708. The molecule has 1 aliphatic rings. The third-order valence-electron chi connectivity index (χ3n) is 3.37. The fourth-order valence-electron chi connectivity index (χ4n) is 2.35. The topological polar surface area (TPSA) is 32.3 Å². The fourth-order valence-corrected chi connectivity index (χ4v) is 2.85. The summed E-state index contributed by atoms with van der Waals surface area (Å²) in [6.45, 7) is 6.02. The first-order chi connectivity index (χ1) is 8.65. The van der Waals surface area contributed by atoms with Crippen LogP contribution in [0.2, 0.25) is 0 Å². The van der Waals surface area contributed by atoms with Crippen LogP contribution in [0.4, 0.5) is 0 Å². The summed E-state index contributed by atoms with van der Waals surface area (Å²) in [6, 6.07) is 0.0708. The molecular formula is C14H28N2OS. The average molecular weight is 272 g/mol. The van der Waals surface area contributed by atoms with Crippen LogP contribution < -0.4 is 5.32 Å². The molecule has 1 atom stereocenters.